The molecule has 1 atom stereocenters. The van der Waals surface area contributed by atoms with Crippen LogP contribution in [-0.2, 0) is 16.1 Å². The van der Waals surface area contributed by atoms with Gasteiger partial charge in [0.15, 0.2) is 12.4 Å². The first kappa shape index (κ1) is 17.5. The number of amides is 1. The summed E-state index contributed by atoms with van der Waals surface area (Å²) in [5, 5.41) is 11.4. The third-order valence-electron chi connectivity index (χ3n) is 2.10. The molecule has 0 aliphatic rings. The Bertz CT molecular complexity index is 389. The van der Waals surface area contributed by atoms with E-state index < -0.39 is 12.0 Å². The minimum atomic E-state index is -1.04. The van der Waals surface area contributed by atoms with Crippen LogP contribution >= 0.6 is 22.9 Å². The number of carbonyl (C=O) groups is 2. The molecule has 1 aromatic heterocycles. The van der Waals surface area contributed by atoms with Crippen LogP contribution in [0.5, 0.6) is 0 Å². The summed E-state index contributed by atoms with van der Waals surface area (Å²) in [6.07, 6.45) is 3.43. The van der Waals surface area contributed by atoms with E-state index in [2.05, 4.69) is 13.8 Å². The molecule has 1 heterocycles. The van der Waals surface area contributed by atoms with Gasteiger partial charge < -0.3 is 34.4 Å². The largest absolute Gasteiger partial charge is 1.00 e. The SMILES string of the molecule is O=C(C[C@H](NI)C(=O)O)NCc1cc[nH+]cc1.[I-]. The molecule has 0 saturated carbocycles. The third-order valence-corrected chi connectivity index (χ3v) is 2.85. The second-order valence-electron chi connectivity index (χ2n) is 3.39. The molecule has 1 rings (SSSR count). The van der Waals surface area contributed by atoms with Crippen LogP contribution in [0.1, 0.15) is 12.0 Å². The predicted octanol–water partition coefficient (Wildman–Crippen LogP) is -3.10. The van der Waals surface area contributed by atoms with Crippen molar-refractivity contribution in [1.29, 1.82) is 0 Å². The first-order valence-electron chi connectivity index (χ1n) is 4.94. The van der Waals surface area contributed by atoms with Gasteiger partial charge in [-0.15, -0.1) is 0 Å². The fraction of sp³-hybridized carbons (Fsp3) is 0.300. The molecule has 6 nitrogen and oxygen atoms in total. The van der Waals surface area contributed by atoms with E-state index in [1.807, 2.05) is 12.1 Å². The van der Waals surface area contributed by atoms with E-state index in [-0.39, 0.29) is 36.3 Å². The number of rotatable bonds is 6. The van der Waals surface area contributed by atoms with Crippen LogP contribution in [0.4, 0.5) is 0 Å². The fourth-order valence-electron chi connectivity index (χ4n) is 1.17. The Kier molecular flexibility index (Phi) is 9.18. The summed E-state index contributed by atoms with van der Waals surface area (Å²) in [6, 6.07) is 2.82. The minimum Gasteiger partial charge on any atom is -1.00 e. The maximum absolute atomic E-state index is 11.5. The lowest BCUT2D eigenvalue weighted by atomic mass is 10.2. The first-order valence-corrected chi connectivity index (χ1v) is 6.02. The Labute approximate surface area is 135 Å². The average molecular weight is 477 g/mol. The molecule has 0 radical (unpaired) electrons. The van der Waals surface area contributed by atoms with E-state index in [9.17, 15) is 9.59 Å². The molecule has 0 spiro atoms. The molecular formula is C10H13I2N3O3. The zero-order chi connectivity index (χ0) is 12.7. The van der Waals surface area contributed by atoms with Gasteiger partial charge in [-0.1, -0.05) is 0 Å². The van der Waals surface area contributed by atoms with Crippen LogP contribution in [-0.4, -0.2) is 23.0 Å². The Morgan fingerprint density at radius 3 is 2.50 bits per heavy atom. The molecule has 0 bridgehead atoms. The van der Waals surface area contributed by atoms with E-state index >= 15 is 0 Å². The van der Waals surface area contributed by atoms with Crippen LogP contribution in [0.15, 0.2) is 24.5 Å². The Balaban J connectivity index is 0.00000289. The Hall–Kier alpha value is -0.490. The number of aliphatic carboxylic acids is 1. The van der Waals surface area contributed by atoms with Gasteiger partial charge in [0.1, 0.15) is 6.04 Å². The smallest absolute Gasteiger partial charge is 0.321 e. The van der Waals surface area contributed by atoms with Crippen molar-refractivity contribution in [3.05, 3.63) is 30.1 Å². The second kappa shape index (κ2) is 9.44. The van der Waals surface area contributed by atoms with E-state index in [0.29, 0.717) is 6.54 Å². The quantitative estimate of drug-likeness (QED) is 0.300. The summed E-state index contributed by atoms with van der Waals surface area (Å²) < 4.78 is 2.54. The first-order chi connectivity index (χ1) is 8.13. The van der Waals surface area contributed by atoms with Gasteiger partial charge in [-0.25, -0.2) is 8.51 Å². The average Bonchev–Trinajstić information content (AvgIpc) is 2.34. The molecule has 0 aliphatic carbocycles. The van der Waals surface area contributed by atoms with Gasteiger partial charge in [0, 0.05) is 41.5 Å². The highest BCUT2D eigenvalue weighted by Gasteiger charge is 2.19. The zero-order valence-corrected chi connectivity index (χ0v) is 13.6. The summed E-state index contributed by atoms with van der Waals surface area (Å²) in [5.74, 6) is -1.33. The van der Waals surface area contributed by atoms with Crippen LogP contribution in [0, 0.1) is 0 Å². The van der Waals surface area contributed by atoms with E-state index in [0.717, 1.165) is 5.56 Å². The number of aromatic nitrogens is 1. The van der Waals surface area contributed by atoms with Gasteiger partial charge in [0.25, 0.3) is 0 Å². The Morgan fingerprint density at radius 2 is 2.00 bits per heavy atom. The molecule has 4 N–H and O–H groups in total. The van der Waals surface area contributed by atoms with Gasteiger partial charge in [0.2, 0.25) is 5.91 Å². The van der Waals surface area contributed by atoms with Crippen molar-refractivity contribution >= 4 is 34.7 Å². The van der Waals surface area contributed by atoms with Crippen molar-refractivity contribution in [3.8, 4) is 0 Å². The molecule has 1 aromatic rings. The normalized spacial score (nSPS) is 11.2. The molecule has 0 unspecified atom stereocenters. The lowest BCUT2D eigenvalue weighted by Gasteiger charge is -2.09. The molecular weight excluding hydrogens is 464 g/mol. The number of H-pyrrole nitrogens is 1. The van der Waals surface area contributed by atoms with Crippen molar-refractivity contribution < 1.29 is 43.7 Å². The second-order valence-corrected chi connectivity index (χ2v) is 4.01. The number of carbonyl (C=O) groups excluding carboxylic acids is 1. The van der Waals surface area contributed by atoms with Crippen molar-refractivity contribution in [2.24, 2.45) is 0 Å². The van der Waals surface area contributed by atoms with Crippen molar-refractivity contribution in [1.82, 2.24) is 8.85 Å². The summed E-state index contributed by atoms with van der Waals surface area (Å²) in [5.41, 5.74) is 0.950. The molecule has 100 valence electrons. The molecule has 18 heavy (non-hydrogen) atoms. The van der Waals surface area contributed by atoms with E-state index in [4.69, 9.17) is 5.11 Å². The molecule has 0 aromatic carbocycles. The number of pyridine rings is 1. The number of carboxylic acid groups (broad SMARTS) is 1. The summed E-state index contributed by atoms with van der Waals surface area (Å²) in [4.78, 5) is 25.0. The van der Waals surface area contributed by atoms with Gasteiger partial charge >= 0.3 is 5.97 Å². The Morgan fingerprint density at radius 1 is 1.39 bits per heavy atom. The number of hydrogen-bond acceptors (Lipinski definition) is 3. The highest BCUT2D eigenvalue weighted by molar-refractivity contribution is 14.1. The highest BCUT2D eigenvalue weighted by Crippen LogP contribution is 1.97. The standard InChI is InChI=1S/C10H12IN3O3.HI/c11-14-8(10(16)17)5-9(15)13-6-7-1-3-12-4-2-7;/h1-4,8,14H,5-6H2,(H,13,15)(H,16,17);1H/t8-;/m0./s1. The molecule has 0 fully saturated rings. The van der Waals surface area contributed by atoms with Gasteiger partial charge in [-0.3, -0.25) is 9.59 Å². The minimum absolute atomic E-state index is 0. The van der Waals surface area contributed by atoms with E-state index in [1.165, 1.54) is 0 Å². The number of halogens is 2. The predicted molar refractivity (Wildman–Crippen MR) is 68.0 cm³/mol. The van der Waals surface area contributed by atoms with Crippen molar-refractivity contribution in [3.63, 3.8) is 0 Å². The van der Waals surface area contributed by atoms with Crippen LogP contribution in [0.25, 0.3) is 0 Å². The zero-order valence-electron chi connectivity index (χ0n) is 9.32. The van der Waals surface area contributed by atoms with Gasteiger partial charge in [0.05, 0.1) is 6.42 Å². The highest BCUT2D eigenvalue weighted by atomic mass is 127. The summed E-state index contributed by atoms with van der Waals surface area (Å²) in [6.45, 7) is 0.390. The molecule has 8 heteroatoms. The van der Waals surface area contributed by atoms with Crippen molar-refractivity contribution in [2.75, 3.05) is 0 Å². The van der Waals surface area contributed by atoms with E-state index in [1.54, 1.807) is 35.3 Å². The summed E-state index contributed by atoms with van der Waals surface area (Å²) in [7, 11) is 0. The lowest BCUT2D eigenvalue weighted by Crippen LogP contribution is -3.00. The maximum atomic E-state index is 11.5. The van der Waals surface area contributed by atoms with Crippen LogP contribution in [0.2, 0.25) is 0 Å². The molecule has 1 amide bonds. The number of aromatic amines is 1. The summed E-state index contributed by atoms with van der Waals surface area (Å²) >= 11 is 1.72. The fourth-order valence-corrected chi connectivity index (χ4v) is 1.66. The number of hydrogen-bond donors (Lipinski definition) is 3. The van der Waals surface area contributed by atoms with Gasteiger partial charge in [-0.05, 0) is 5.56 Å². The lowest BCUT2D eigenvalue weighted by molar-refractivity contribution is -0.378. The van der Waals surface area contributed by atoms with Gasteiger partial charge in [-0.2, -0.15) is 0 Å². The van der Waals surface area contributed by atoms with Crippen LogP contribution < -0.4 is 37.8 Å². The van der Waals surface area contributed by atoms with Crippen LogP contribution in [0.3, 0.4) is 0 Å². The monoisotopic (exact) mass is 477 g/mol. The number of carboxylic acids is 1. The maximum Gasteiger partial charge on any atom is 0.321 e. The molecule has 0 aliphatic heterocycles. The molecule has 0 saturated heterocycles. The third kappa shape index (κ3) is 6.44. The van der Waals surface area contributed by atoms with Crippen molar-refractivity contribution in [2.45, 2.75) is 19.0 Å². The topological polar surface area (TPSA) is 92.6 Å². The number of nitrogens with one attached hydrogen (secondary N) is 3.